The van der Waals surface area contributed by atoms with Gasteiger partial charge in [0.1, 0.15) is 11.4 Å². The van der Waals surface area contributed by atoms with Crippen LogP contribution in [-0.4, -0.2) is 80.7 Å². The number of hydrogen-bond donors (Lipinski definition) is 3. The number of esters is 1. The third kappa shape index (κ3) is 7.70. The number of aliphatic hydroxyl groups is 3. The smallest absolute Gasteiger partial charge is 0.351 e. The Morgan fingerprint density at radius 1 is 1.02 bits per heavy atom. The van der Waals surface area contributed by atoms with Gasteiger partial charge in [0, 0.05) is 24.2 Å². The predicted octanol–water partition coefficient (Wildman–Crippen LogP) is 6.34. The standard InChI is InChI=1S/C38H59ClO10/c1-10-25(35-21(6)17-38(12-3,49-35)29-13-14-37(45,11-2)24(9)46-29)32(42)22(7)31(41)23(8)34-20(5)15-19(4)27(47-34)16-26(40)30-33(43)28(18-39)48-36(30)44/h18-25,27,29,31,34-35,41,43,45H,10-17H2,1-9H3/b28-18-/t19-,20-,21+,22-,23-,24+,25+,27-,29-,31+,34+,35+,37-,38+/m1/s1. The minimum absolute atomic E-state index is 0.0296. The van der Waals surface area contributed by atoms with E-state index in [1.54, 1.807) is 6.92 Å². The quantitative estimate of drug-likeness (QED) is 0.146. The van der Waals surface area contributed by atoms with E-state index in [0.717, 1.165) is 18.4 Å². The molecule has 3 fully saturated rings. The first kappa shape index (κ1) is 40.0. The Bertz CT molecular complexity index is 1300. The van der Waals surface area contributed by atoms with E-state index >= 15 is 0 Å². The number of carbonyl (C=O) groups excluding carboxylic acids is 3. The largest absolute Gasteiger partial charge is 0.504 e. The van der Waals surface area contributed by atoms with Crippen LogP contribution in [-0.2, 0) is 33.3 Å². The Balaban J connectivity index is 1.44. The Labute approximate surface area is 296 Å². The van der Waals surface area contributed by atoms with Gasteiger partial charge in [0.25, 0.3) is 0 Å². The number of aliphatic hydroxyl groups excluding tert-OH is 2. The molecule has 4 aliphatic rings. The molecule has 0 aromatic heterocycles. The Kier molecular flexibility index (Phi) is 12.9. The molecule has 0 bridgehead atoms. The van der Waals surface area contributed by atoms with Crippen molar-refractivity contribution < 1.29 is 48.7 Å². The molecule has 0 aromatic rings. The van der Waals surface area contributed by atoms with Crippen LogP contribution in [0.4, 0.5) is 0 Å². The topological polar surface area (TPSA) is 149 Å². The minimum atomic E-state index is -1.01. The van der Waals surface area contributed by atoms with Crippen LogP contribution in [0.2, 0.25) is 0 Å². The van der Waals surface area contributed by atoms with E-state index in [9.17, 15) is 29.7 Å². The lowest BCUT2D eigenvalue weighted by Crippen LogP contribution is -2.55. The molecule has 0 aromatic carbocycles. The molecule has 49 heavy (non-hydrogen) atoms. The van der Waals surface area contributed by atoms with Gasteiger partial charge in [0.15, 0.2) is 17.3 Å². The third-order valence-electron chi connectivity index (χ3n) is 12.5. The molecule has 0 amide bonds. The van der Waals surface area contributed by atoms with E-state index < -0.39 is 70.4 Å². The number of Topliss-reactive ketones (excluding diaryl/α,β-unsaturated/α-hetero) is 2. The summed E-state index contributed by atoms with van der Waals surface area (Å²) in [6.45, 7) is 17.8. The number of ketones is 2. The fourth-order valence-electron chi connectivity index (χ4n) is 9.12. The fourth-order valence-corrected chi connectivity index (χ4v) is 9.27. The average molecular weight is 711 g/mol. The van der Waals surface area contributed by atoms with E-state index in [-0.39, 0.29) is 54.0 Å². The van der Waals surface area contributed by atoms with Crippen LogP contribution in [0.25, 0.3) is 0 Å². The molecule has 4 aliphatic heterocycles. The summed E-state index contributed by atoms with van der Waals surface area (Å²) >= 11 is 5.61. The zero-order valence-corrected chi connectivity index (χ0v) is 31.5. The van der Waals surface area contributed by atoms with Crippen molar-refractivity contribution >= 4 is 29.1 Å². The van der Waals surface area contributed by atoms with E-state index in [0.29, 0.717) is 32.1 Å². The van der Waals surface area contributed by atoms with Gasteiger partial charge in [-0.15, -0.1) is 0 Å². The van der Waals surface area contributed by atoms with Gasteiger partial charge in [-0.2, -0.15) is 0 Å². The van der Waals surface area contributed by atoms with Crippen LogP contribution in [0.3, 0.4) is 0 Å². The molecule has 0 saturated carbocycles. The molecule has 0 radical (unpaired) electrons. The molecule has 11 heteroatoms. The number of hydrogen-bond acceptors (Lipinski definition) is 10. The molecule has 0 unspecified atom stereocenters. The van der Waals surface area contributed by atoms with Crippen LogP contribution in [0.1, 0.15) is 114 Å². The highest BCUT2D eigenvalue weighted by Crippen LogP contribution is 2.49. The molecule has 4 heterocycles. The second-order valence-corrected chi connectivity index (χ2v) is 15.8. The second-order valence-electron chi connectivity index (χ2n) is 15.5. The first-order chi connectivity index (χ1) is 23.0. The van der Waals surface area contributed by atoms with Crippen LogP contribution in [0.15, 0.2) is 22.6 Å². The van der Waals surface area contributed by atoms with Gasteiger partial charge >= 0.3 is 5.97 Å². The molecular weight excluding hydrogens is 652 g/mol. The summed E-state index contributed by atoms with van der Waals surface area (Å²) < 4.78 is 24.7. The van der Waals surface area contributed by atoms with Crippen molar-refractivity contribution in [3.8, 4) is 0 Å². The highest BCUT2D eigenvalue weighted by molar-refractivity contribution is 6.27. The second kappa shape index (κ2) is 15.8. The molecule has 3 N–H and O–H groups in total. The highest BCUT2D eigenvalue weighted by Gasteiger charge is 2.55. The molecule has 14 atom stereocenters. The Hall–Kier alpha value is -1.82. The Morgan fingerprint density at radius 2 is 1.69 bits per heavy atom. The molecule has 0 aliphatic carbocycles. The van der Waals surface area contributed by atoms with Crippen molar-refractivity contribution in [1.82, 2.24) is 0 Å². The van der Waals surface area contributed by atoms with Crippen LogP contribution >= 0.6 is 11.6 Å². The lowest BCUT2D eigenvalue weighted by atomic mass is 9.74. The zero-order chi connectivity index (χ0) is 36.6. The lowest BCUT2D eigenvalue weighted by Gasteiger charge is -2.47. The average Bonchev–Trinajstić information content (AvgIpc) is 3.57. The number of ether oxygens (including phenoxy) is 4. The molecule has 3 saturated heterocycles. The summed E-state index contributed by atoms with van der Waals surface area (Å²) in [5, 5.41) is 33.0. The maximum absolute atomic E-state index is 14.2. The normalized spacial score (nSPS) is 40.2. The van der Waals surface area contributed by atoms with Crippen molar-refractivity contribution in [2.45, 2.75) is 162 Å². The summed E-state index contributed by atoms with van der Waals surface area (Å²) in [5.74, 6) is -3.87. The Morgan fingerprint density at radius 3 is 2.24 bits per heavy atom. The number of rotatable bonds is 13. The van der Waals surface area contributed by atoms with Gasteiger partial charge in [-0.25, -0.2) is 4.79 Å². The molecule has 278 valence electrons. The fraction of sp³-hybridized carbons (Fsp3) is 0.816. The van der Waals surface area contributed by atoms with Gasteiger partial charge < -0.3 is 34.3 Å². The SMILES string of the molecule is CC[C@@H](C(=O)[C@H](C)[C@H](O)[C@@H](C)[C@H]1O[C@H](CC(=O)C2=C(O)/C(=C/Cl)OC2=O)[C@H](C)C[C@H]1C)[C@H]1O[C@](CC)([C@H]2CC[C@](O)(CC)[C@H](C)O2)C[C@@H]1C. The van der Waals surface area contributed by atoms with E-state index in [1.165, 1.54) is 0 Å². The first-order valence-electron chi connectivity index (χ1n) is 18.4. The maximum atomic E-state index is 14.2. The molecular formula is C38H59ClO10. The van der Waals surface area contributed by atoms with E-state index in [1.807, 2.05) is 41.5 Å². The number of carbonyl (C=O) groups is 3. The maximum Gasteiger partial charge on any atom is 0.351 e. The molecule has 0 spiro atoms. The van der Waals surface area contributed by atoms with E-state index in [2.05, 4.69) is 13.8 Å². The van der Waals surface area contributed by atoms with Gasteiger partial charge in [0.05, 0.1) is 53.4 Å². The zero-order valence-electron chi connectivity index (χ0n) is 30.7. The van der Waals surface area contributed by atoms with E-state index in [4.69, 9.17) is 30.5 Å². The summed E-state index contributed by atoms with van der Waals surface area (Å²) in [6, 6.07) is 0. The summed E-state index contributed by atoms with van der Waals surface area (Å²) in [6.07, 6.45) is 1.76. The van der Waals surface area contributed by atoms with Crippen molar-refractivity contribution in [2.24, 2.45) is 35.5 Å². The number of halogens is 1. The van der Waals surface area contributed by atoms with Crippen molar-refractivity contribution in [2.75, 3.05) is 0 Å². The summed E-state index contributed by atoms with van der Waals surface area (Å²) in [4.78, 5) is 39.6. The van der Waals surface area contributed by atoms with Crippen LogP contribution < -0.4 is 0 Å². The third-order valence-corrected chi connectivity index (χ3v) is 12.7. The van der Waals surface area contributed by atoms with Crippen LogP contribution in [0.5, 0.6) is 0 Å². The predicted molar refractivity (Wildman–Crippen MR) is 185 cm³/mol. The summed E-state index contributed by atoms with van der Waals surface area (Å²) in [7, 11) is 0. The first-order valence-corrected chi connectivity index (χ1v) is 18.8. The monoisotopic (exact) mass is 710 g/mol. The van der Waals surface area contributed by atoms with Crippen molar-refractivity contribution in [3.63, 3.8) is 0 Å². The van der Waals surface area contributed by atoms with Crippen molar-refractivity contribution in [1.29, 1.82) is 0 Å². The number of cyclic esters (lactones) is 1. The van der Waals surface area contributed by atoms with Crippen molar-refractivity contribution in [3.05, 3.63) is 22.6 Å². The highest BCUT2D eigenvalue weighted by atomic mass is 35.5. The van der Waals surface area contributed by atoms with Crippen LogP contribution in [0, 0.1) is 35.5 Å². The summed E-state index contributed by atoms with van der Waals surface area (Å²) in [5.41, 5.74) is -0.937. The van der Waals surface area contributed by atoms with Gasteiger partial charge in [-0.3, -0.25) is 9.59 Å². The lowest BCUT2D eigenvalue weighted by molar-refractivity contribution is -0.229. The van der Waals surface area contributed by atoms with Gasteiger partial charge in [-0.05, 0) is 69.6 Å². The molecule has 10 nitrogen and oxygen atoms in total. The van der Waals surface area contributed by atoms with Gasteiger partial charge in [0.2, 0.25) is 0 Å². The minimum Gasteiger partial charge on any atom is -0.504 e. The van der Waals surface area contributed by atoms with Gasteiger partial charge in [-0.1, -0.05) is 67.0 Å². The molecule has 4 rings (SSSR count).